The number of nitrogens with zero attached hydrogens (tertiary/aromatic N) is 3. The lowest BCUT2D eigenvalue weighted by atomic mass is 9.89. The highest BCUT2D eigenvalue weighted by Crippen LogP contribution is 2.37. The van der Waals surface area contributed by atoms with Crippen molar-refractivity contribution in [2.75, 3.05) is 52.1 Å². The van der Waals surface area contributed by atoms with Crippen molar-refractivity contribution in [1.82, 2.24) is 14.1 Å². The summed E-state index contributed by atoms with van der Waals surface area (Å²) in [5.74, 6) is -0.334. The number of benzene rings is 2. The topological polar surface area (TPSA) is 70.2 Å². The molecule has 0 N–H and O–H groups in total. The molecule has 2 fully saturated rings. The molecule has 2 aliphatic rings. The summed E-state index contributed by atoms with van der Waals surface area (Å²) >= 11 is 12.3. The molecule has 2 atom stereocenters. The van der Waals surface area contributed by atoms with E-state index >= 15 is 0 Å². The quantitative estimate of drug-likeness (QED) is 0.510. The fraction of sp³-hybridized carbons (Fsp3) is 0.458. The van der Waals surface area contributed by atoms with Gasteiger partial charge in [0, 0.05) is 51.1 Å². The molecule has 2 heterocycles. The van der Waals surface area contributed by atoms with Crippen molar-refractivity contribution < 1.29 is 31.1 Å². The second kappa shape index (κ2) is 10.9. The summed E-state index contributed by atoms with van der Waals surface area (Å²) in [5, 5.41) is 0.746. The standard InChI is InChI=1S/C24H26Cl2F3N3O4S/c1-37(34,35)32-9-7-30(8-10-32)23(33)31-13-17(20(14-31)16-5-6-21(25)22(26)11-16)15-36-19-4-2-3-18(12-19)24(27,28)29/h2-6,11-12,17,20H,7-10,13-15H2,1H3/t17-,20?/m0/s1. The Balaban J connectivity index is 1.50. The van der Waals surface area contributed by atoms with Crippen LogP contribution in [0.1, 0.15) is 17.0 Å². The molecule has 0 radical (unpaired) electrons. The second-order valence-corrected chi connectivity index (χ2v) is 12.0. The van der Waals surface area contributed by atoms with Gasteiger partial charge >= 0.3 is 12.2 Å². The summed E-state index contributed by atoms with van der Waals surface area (Å²) in [6.07, 6.45) is -3.35. The molecular weight excluding hydrogens is 554 g/mol. The van der Waals surface area contributed by atoms with Gasteiger partial charge < -0.3 is 14.5 Å². The van der Waals surface area contributed by atoms with Crippen LogP contribution < -0.4 is 4.74 Å². The monoisotopic (exact) mass is 579 g/mol. The van der Waals surface area contributed by atoms with Crippen LogP contribution in [0.5, 0.6) is 5.75 Å². The first kappa shape index (κ1) is 27.8. The van der Waals surface area contributed by atoms with E-state index in [1.165, 1.54) is 16.4 Å². The van der Waals surface area contributed by atoms with Gasteiger partial charge in [-0.3, -0.25) is 0 Å². The van der Waals surface area contributed by atoms with E-state index in [4.69, 9.17) is 27.9 Å². The number of ether oxygens (including phenoxy) is 1. The molecule has 0 spiro atoms. The van der Waals surface area contributed by atoms with E-state index in [0.717, 1.165) is 24.0 Å². The first-order chi connectivity index (χ1) is 17.3. The molecule has 2 aliphatic heterocycles. The van der Waals surface area contributed by atoms with Crippen molar-refractivity contribution in [2.45, 2.75) is 12.1 Å². The minimum Gasteiger partial charge on any atom is -0.493 e. The molecule has 2 saturated heterocycles. The third kappa shape index (κ3) is 6.63. The lowest BCUT2D eigenvalue weighted by Crippen LogP contribution is -2.53. The van der Waals surface area contributed by atoms with Gasteiger partial charge in [0.2, 0.25) is 10.0 Å². The molecule has 7 nitrogen and oxygen atoms in total. The van der Waals surface area contributed by atoms with Crippen molar-refractivity contribution in [1.29, 1.82) is 0 Å². The minimum atomic E-state index is -4.49. The van der Waals surface area contributed by atoms with Crippen LogP contribution in [0.25, 0.3) is 0 Å². The van der Waals surface area contributed by atoms with Crippen LogP contribution in [0.15, 0.2) is 42.5 Å². The summed E-state index contributed by atoms with van der Waals surface area (Å²) in [6.45, 7) is 1.72. The van der Waals surface area contributed by atoms with Crippen molar-refractivity contribution in [3.63, 3.8) is 0 Å². The number of halogens is 5. The number of carbonyl (C=O) groups is 1. The van der Waals surface area contributed by atoms with E-state index in [-0.39, 0.29) is 56.4 Å². The van der Waals surface area contributed by atoms with Gasteiger partial charge in [-0.2, -0.15) is 17.5 Å². The van der Waals surface area contributed by atoms with Gasteiger partial charge in [0.15, 0.2) is 0 Å². The zero-order valence-electron chi connectivity index (χ0n) is 19.9. The first-order valence-electron chi connectivity index (χ1n) is 11.6. The predicted octanol–water partition coefficient (Wildman–Crippen LogP) is 4.80. The maximum atomic E-state index is 13.3. The average Bonchev–Trinajstić information content (AvgIpc) is 3.27. The Bertz CT molecular complexity index is 1250. The molecule has 0 aliphatic carbocycles. The Morgan fingerprint density at radius 1 is 1.00 bits per heavy atom. The number of sulfonamides is 1. The maximum absolute atomic E-state index is 13.3. The van der Waals surface area contributed by atoms with Crippen molar-refractivity contribution in [2.24, 2.45) is 5.92 Å². The number of hydrogen-bond donors (Lipinski definition) is 0. The molecular formula is C24H26Cl2F3N3O4S. The number of rotatable bonds is 5. The minimum absolute atomic E-state index is 0.0812. The average molecular weight is 580 g/mol. The van der Waals surface area contributed by atoms with Crippen LogP contribution in [0.4, 0.5) is 18.0 Å². The smallest absolute Gasteiger partial charge is 0.416 e. The summed E-state index contributed by atoms with van der Waals surface area (Å²) < 4.78 is 70.0. The number of amides is 2. The molecule has 2 aromatic rings. The normalized spacial score (nSPS) is 21.4. The molecule has 0 bridgehead atoms. The third-order valence-corrected chi connectivity index (χ3v) is 8.73. The number of alkyl halides is 3. The highest BCUT2D eigenvalue weighted by Gasteiger charge is 2.39. The van der Waals surface area contributed by atoms with Crippen LogP contribution in [0.2, 0.25) is 10.0 Å². The van der Waals surface area contributed by atoms with Gasteiger partial charge in [0.1, 0.15) is 5.75 Å². The summed E-state index contributed by atoms with van der Waals surface area (Å²) in [5.41, 5.74) is 0.0340. The molecule has 2 aromatic carbocycles. The summed E-state index contributed by atoms with van der Waals surface area (Å²) in [4.78, 5) is 16.6. The Morgan fingerprint density at radius 3 is 2.32 bits per heavy atom. The molecule has 1 unspecified atom stereocenters. The van der Waals surface area contributed by atoms with Gasteiger partial charge in [-0.1, -0.05) is 35.3 Å². The Hall–Kier alpha value is -2.21. The van der Waals surface area contributed by atoms with Crippen LogP contribution in [-0.4, -0.2) is 80.7 Å². The molecule has 0 saturated carbocycles. The molecule has 0 aromatic heterocycles. The van der Waals surface area contributed by atoms with Crippen molar-refractivity contribution in [3.05, 3.63) is 63.6 Å². The van der Waals surface area contributed by atoms with Crippen molar-refractivity contribution >= 4 is 39.3 Å². The number of piperazine rings is 1. The lowest BCUT2D eigenvalue weighted by molar-refractivity contribution is -0.137. The second-order valence-electron chi connectivity index (χ2n) is 9.21. The van der Waals surface area contributed by atoms with Gasteiger partial charge in [0.05, 0.1) is 28.5 Å². The lowest BCUT2D eigenvalue weighted by Gasteiger charge is -2.35. The molecule has 4 rings (SSSR count). The molecule has 202 valence electrons. The SMILES string of the molecule is CS(=O)(=O)N1CCN(C(=O)N2CC(c3ccc(Cl)c(Cl)c3)[C@H](COc3cccc(C(F)(F)F)c3)C2)CC1. The third-order valence-electron chi connectivity index (χ3n) is 6.69. The van der Waals surface area contributed by atoms with Crippen LogP contribution in [0, 0.1) is 5.92 Å². The van der Waals surface area contributed by atoms with Crippen LogP contribution >= 0.6 is 23.2 Å². The van der Waals surface area contributed by atoms with Crippen molar-refractivity contribution in [3.8, 4) is 5.75 Å². The van der Waals surface area contributed by atoms with E-state index in [1.807, 2.05) is 6.07 Å². The maximum Gasteiger partial charge on any atom is 0.416 e. The van der Waals surface area contributed by atoms with Gasteiger partial charge in [-0.05, 0) is 35.9 Å². The highest BCUT2D eigenvalue weighted by molar-refractivity contribution is 7.88. The van der Waals surface area contributed by atoms with E-state index in [2.05, 4.69) is 0 Å². The van der Waals surface area contributed by atoms with E-state index in [9.17, 15) is 26.4 Å². The Labute approximate surface area is 223 Å². The zero-order chi connectivity index (χ0) is 27.0. The van der Waals surface area contributed by atoms with E-state index < -0.39 is 21.8 Å². The summed E-state index contributed by atoms with van der Waals surface area (Å²) in [6, 6.07) is 9.66. The fourth-order valence-electron chi connectivity index (χ4n) is 4.69. The van der Waals surface area contributed by atoms with Crippen LogP contribution in [0.3, 0.4) is 0 Å². The Kier molecular flexibility index (Phi) is 8.18. The number of urea groups is 1. The first-order valence-corrected chi connectivity index (χ1v) is 14.2. The van der Waals surface area contributed by atoms with Gasteiger partial charge in [-0.15, -0.1) is 0 Å². The number of likely N-dealkylation sites (tertiary alicyclic amines) is 1. The van der Waals surface area contributed by atoms with E-state index in [1.54, 1.807) is 21.9 Å². The van der Waals surface area contributed by atoms with Gasteiger partial charge in [0.25, 0.3) is 0 Å². The van der Waals surface area contributed by atoms with E-state index in [0.29, 0.717) is 23.1 Å². The summed E-state index contributed by atoms with van der Waals surface area (Å²) in [7, 11) is -3.33. The Morgan fingerprint density at radius 2 is 1.70 bits per heavy atom. The largest absolute Gasteiger partial charge is 0.493 e. The molecule has 37 heavy (non-hydrogen) atoms. The van der Waals surface area contributed by atoms with Gasteiger partial charge in [-0.25, -0.2) is 13.2 Å². The predicted molar refractivity (Wildman–Crippen MR) is 135 cm³/mol. The zero-order valence-corrected chi connectivity index (χ0v) is 22.2. The van der Waals surface area contributed by atoms with Crippen LogP contribution in [-0.2, 0) is 16.2 Å². The number of carbonyl (C=O) groups excluding carboxylic acids is 1. The molecule has 2 amide bonds. The highest BCUT2D eigenvalue weighted by atomic mass is 35.5. The molecule has 13 heteroatoms. The number of hydrogen-bond acceptors (Lipinski definition) is 4. The fourth-order valence-corrected chi connectivity index (χ4v) is 5.83.